The summed E-state index contributed by atoms with van der Waals surface area (Å²) < 4.78 is 37.6. The minimum absolute atomic E-state index is 0. The summed E-state index contributed by atoms with van der Waals surface area (Å²) in [4.78, 5) is 27.6. The maximum absolute atomic E-state index is 12.6. The van der Waals surface area contributed by atoms with Crippen LogP contribution in [-0.2, 0) is 13.2 Å². The highest BCUT2D eigenvalue weighted by molar-refractivity contribution is 6.10. The number of aliphatic hydroxyl groups is 1. The van der Waals surface area contributed by atoms with Gasteiger partial charge in [0.25, 0.3) is 11.8 Å². The van der Waals surface area contributed by atoms with Crippen LogP contribution in [0.15, 0.2) is 97.1 Å². The zero-order chi connectivity index (χ0) is 43.2. The molecule has 13 heteroatoms. The lowest BCUT2D eigenvalue weighted by Gasteiger charge is -2.17. The van der Waals surface area contributed by atoms with E-state index in [1.165, 1.54) is 4.90 Å². The summed E-state index contributed by atoms with van der Waals surface area (Å²) in [6, 6.07) is 29.2. The van der Waals surface area contributed by atoms with Crippen LogP contribution < -0.4 is 33.2 Å². The zero-order valence-electron chi connectivity index (χ0n) is 35.1. The Bertz CT molecular complexity index is 2320. The second-order valence-electron chi connectivity index (χ2n) is 13.3. The van der Waals surface area contributed by atoms with Crippen LogP contribution in [0.1, 0.15) is 46.7 Å². The molecular weight excluding hydrogens is 781 g/mol. The number of benzene rings is 6. The van der Waals surface area contributed by atoms with Crippen molar-refractivity contribution in [3.8, 4) is 46.0 Å². The molecule has 2 N–H and O–H groups in total. The van der Waals surface area contributed by atoms with Gasteiger partial charge in [-0.25, -0.2) is 0 Å². The first-order chi connectivity index (χ1) is 28.4. The van der Waals surface area contributed by atoms with Crippen LogP contribution in [0.5, 0.6) is 46.0 Å². The van der Waals surface area contributed by atoms with Crippen LogP contribution in [0, 0.1) is 0 Å². The largest absolute Gasteiger partial charge is 0.507 e. The van der Waals surface area contributed by atoms with Gasteiger partial charge in [0.1, 0.15) is 18.1 Å². The highest BCUT2D eigenvalue weighted by atomic mass is 16.5. The molecule has 0 aliphatic heterocycles. The van der Waals surface area contributed by atoms with E-state index in [0.717, 1.165) is 27.3 Å². The Kier molecular flexibility index (Phi) is 19.5. The zero-order valence-corrected chi connectivity index (χ0v) is 35.1. The maximum atomic E-state index is 12.6. The molecule has 0 spiro atoms. The van der Waals surface area contributed by atoms with Crippen LogP contribution in [0.25, 0.3) is 21.5 Å². The predicted molar refractivity (Wildman–Crippen MR) is 242 cm³/mol. The Morgan fingerprint density at radius 3 is 1.28 bits per heavy atom. The first-order valence-electron chi connectivity index (χ1n) is 18.3. The smallest absolute Gasteiger partial charge is 0.254 e. The summed E-state index contributed by atoms with van der Waals surface area (Å²) in [6.45, 7) is 0.219. The lowest BCUT2D eigenvalue weighted by Crippen LogP contribution is -2.22. The molecule has 0 atom stereocenters. The number of aromatic hydroxyl groups is 1. The van der Waals surface area contributed by atoms with Gasteiger partial charge in [-0.15, -0.1) is 0 Å². The number of methoxy groups -OCH3 is 6. The van der Waals surface area contributed by atoms with Gasteiger partial charge in [0, 0.05) is 39.0 Å². The van der Waals surface area contributed by atoms with Gasteiger partial charge in [-0.05, 0) is 70.4 Å². The lowest BCUT2D eigenvalue weighted by molar-refractivity contribution is 0.0822. The fraction of sp³-hybridized carbons (Fsp3) is 0.292. The van der Waals surface area contributed by atoms with Crippen LogP contribution >= 0.6 is 0 Å². The molecule has 0 aromatic heterocycles. The molecule has 2 amide bonds. The third-order valence-electron chi connectivity index (χ3n) is 9.05. The Labute approximate surface area is 359 Å². The molecular formula is C48H60N2O11. The quantitative estimate of drug-likeness (QED) is 0.122. The van der Waals surface area contributed by atoms with Gasteiger partial charge >= 0.3 is 0 Å². The average Bonchev–Trinajstić information content (AvgIpc) is 3.26. The van der Waals surface area contributed by atoms with Gasteiger partial charge in [-0.2, -0.15) is 0 Å². The van der Waals surface area contributed by atoms with E-state index in [-0.39, 0.29) is 45.6 Å². The number of hydrogen-bond acceptors (Lipinski definition) is 11. The number of rotatable bonds is 12. The highest BCUT2D eigenvalue weighted by Gasteiger charge is 2.18. The Morgan fingerprint density at radius 2 is 0.885 bits per heavy atom. The number of ether oxygens (including phenoxy) is 7. The molecule has 0 saturated carbocycles. The Hall–Kier alpha value is -6.86. The van der Waals surface area contributed by atoms with E-state index in [4.69, 9.17) is 38.3 Å². The minimum atomic E-state index is -0.105. The molecule has 328 valence electrons. The third-order valence-corrected chi connectivity index (χ3v) is 9.05. The summed E-state index contributed by atoms with van der Waals surface area (Å²) in [5, 5.41) is 22.0. The van der Waals surface area contributed by atoms with Crippen LogP contribution in [0.2, 0.25) is 0 Å². The summed E-state index contributed by atoms with van der Waals surface area (Å²) in [5.74, 6) is 3.90. The van der Waals surface area contributed by atoms with E-state index >= 15 is 0 Å². The van der Waals surface area contributed by atoms with Crippen LogP contribution in [0.3, 0.4) is 0 Å². The van der Waals surface area contributed by atoms with Crippen molar-refractivity contribution >= 4 is 33.4 Å². The molecule has 0 heterocycles. The minimum Gasteiger partial charge on any atom is -0.507 e. The second kappa shape index (κ2) is 23.7. The highest BCUT2D eigenvalue weighted by Crippen LogP contribution is 2.40. The monoisotopic (exact) mass is 840 g/mol. The summed E-state index contributed by atoms with van der Waals surface area (Å²) in [5.41, 5.74) is 2.71. The van der Waals surface area contributed by atoms with E-state index < -0.39 is 0 Å². The van der Waals surface area contributed by atoms with E-state index in [1.54, 1.807) is 106 Å². The van der Waals surface area contributed by atoms with Crippen molar-refractivity contribution in [2.75, 3.05) is 70.8 Å². The standard InChI is InChI=1S/C23H25NO5.C13H13NO2.C10H14O4.2CH4/c1-24(2)23(25)17-10-6-8-16-9-7-11-18(21(16)17)29-14-15-12-19(26-3)22(28-5)20(13-15)27-4;1-14(2)13(16)10-7-3-5-9-6-4-8-11(15)12(9)10;1-12-8-4-7(6-11)5-9(13-2)10(8)14-3;;/h6-13H,14H2,1-5H3;3-8,15H,1-2H3;4-5,11H,6H2,1-3H3;2*1H4. The fourth-order valence-electron chi connectivity index (χ4n) is 6.19. The normalized spacial score (nSPS) is 9.95. The molecule has 0 unspecified atom stereocenters. The molecule has 0 aliphatic carbocycles. The lowest BCUT2D eigenvalue weighted by atomic mass is 10.0. The second-order valence-corrected chi connectivity index (χ2v) is 13.3. The van der Waals surface area contributed by atoms with Gasteiger partial charge < -0.3 is 53.2 Å². The van der Waals surface area contributed by atoms with Crippen molar-refractivity contribution in [1.29, 1.82) is 0 Å². The van der Waals surface area contributed by atoms with Gasteiger partial charge in [-0.1, -0.05) is 63.4 Å². The van der Waals surface area contributed by atoms with Gasteiger partial charge in [0.15, 0.2) is 23.0 Å². The number of phenolic OH excluding ortho intramolecular Hbond substituents is 1. The molecule has 13 nitrogen and oxygen atoms in total. The average molecular weight is 841 g/mol. The molecule has 0 bridgehead atoms. The van der Waals surface area contributed by atoms with Crippen molar-refractivity contribution in [1.82, 2.24) is 9.80 Å². The fourth-order valence-corrected chi connectivity index (χ4v) is 6.19. The van der Waals surface area contributed by atoms with Gasteiger partial charge in [0.2, 0.25) is 11.5 Å². The summed E-state index contributed by atoms with van der Waals surface area (Å²) in [7, 11) is 16.2. The Morgan fingerprint density at radius 1 is 0.508 bits per heavy atom. The maximum Gasteiger partial charge on any atom is 0.254 e. The number of carbonyl (C=O) groups excluding carboxylic acids is 2. The predicted octanol–water partition coefficient (Wildman–Crippen LogP) is 8.87. The first kappa shape index (κ1) is 50.3. The van der Waals surface area contributed by atoms with Crippen molar-refractivity contribution in [3.05, 3.63) is 119 Å². The number of phenols is 1. The SMILES string of the molecule is C.C.CN(C)C(=O)c1cccc2cccc(O)c12.COc1cc(CO)cc(OC)c1OC.COc1cc(COc2cccc3cccc(C(=O)N(C)C)c23)cc(OC)c1OC. The molecule has 0 saturated heterocycles. The van der Waals surface area contributed by atoms with Gasteiger partial charge in [0.05, 0.1) is 60.4 Å². The van der Waals surface area contributed by atoms with Crippen molar-refractivity contribution < 1.29 is 53.0 Å². The molecule has 6 aromatic rings. The topological polar surface area (TPSA) is 146 Å². The number of nitrogens with zero attached hydrogens (tertiary/aromatic N) is 2. The van der Waals surface area contributed by atoms with E-state index in [0.29, 0.717) is 56.8 Å². The molecule has 0 fully saturated rings. The molecule has 6 aromatic carbocycles. The van der Waals surface area contributed by atoms with E-state index in [1.807, 2.05) is 66.7 Å². The van der Waals surface area contributed by atoms with E-state index in [2.05, 4.69) is 0 Å². The van der Waals surface area contributed by atoms with Crippen molar-refractivity contribution in [2.24, 2.45) is 0 Å². The Balaban J connectivity index is 0.000000340. The van der Waals surface area contributed by atoms with Gasteiger partial charge in [-0.3, -0.25) is 9.59 Å². The third kappa shape index (κ3) is 11.9. The molecule has 61 heavy (non-hydrogen) atoms. The van der Waals surface area contributed by atoms with Crippen LogP contribution in [-0.4, -0.2) is 103 Å². The van der Waals surface area contributed by atoms with Crippen molar-refractivity contribution in [3.63, 3.8) is 0 Å². The first-order valence-corrected chi connectivity index (χ1v) is 18.3. The van der Waals surface area contributed by atoms with Crippen molar-refractivity contribution in [2.45, 2.75) is 28.1 Å². The van der Waals surface area contributed by atoms with Crippen LogP contribution in [0.4, 0.5) is 0 Å². The number of aliphatic hydroxyl groups excluding tert-OH is 1. The number of hydrogen-bond donors (Lipinski definition) is 2. The number of amides is 2. The molecule has 0 aliphatic rings. The number of fused-ring (bicyclic) bond motifs is 2. The summed E-state index contributed by atoms with van der Waals surface area (Å²) >= 11 is 0. The molecule has 0 radical (unpaired) electrons. The molecule has 6 rings (SSSR count). The summed E-state index contributed by atoms with van der Waals surface area (Å²) in [6.07, 6.45) is 0. The number of carbonyl (C=O) groups is 2. The van der Waals surface area contributed by atoms with E-state index in [9.17, 15) is 14.7 Å².